The van der Waals surface area contributed by atoms with Gasteiger partial charge >= 0.3 is 6.03 Å². The fourth-order valence-corrected chi connectivity index (χ4v) is 1.67. The predicted molar refractivity (Wildman–Crippen MR) is 59.3 cm³/mol. The Hall–Kier alpha value is -1.14. The SMILES string of the molecule is Cc1csc(NC(=O)NC(=O)CCCl)n1. The van der Waals surface area contributed by atoms with E-state index in [2.05, 4.69) is 15.6 Å². The molecule has 5 nitrogen and oxygen atoms in total. The van der Waals surface area contributed by atoms with Crippen LogP contribution in [0, 0.1) is 6.92 Å². The van der Waals surface area contributed by atoms with Crippen LogP contribution in [0.15, 0.2) is 5.38 Å². The lowest BCUT2D eigenvalue weighted by molar-refractivity contribution is -0.119. The van der Waals surface area contributed by atoms with E-state index in [0.29, 0.717) is 5.13 Å². The van der Waals surface area contributed by atoms with Crippen LogP contribution in [0.25, 0.3) is 0 Å². The Morgan fingerprint density at radius 2 is 2.33 bits per heavy atom. The number of aryl methyl sites for hydroxylation is 1. The molecule has 0 fully saturated rings. The molecule has 1 aromatic heterocycles. The molecule has 1 heterocycles. The third-order valence-corrected chi connectivity index (χ3v) is 2.48. The number of halogens is 1. The summed E-state index contributed by atoms with van der Waals surface area (Å²) in [5.41, 5.74) is 0.822. The van der Waals surface area contributed by atoms with Crippen LogP contribution in [0.3, 0.4) is 0 Å². The lowest BCUT2D eigenvalue weighted by Gasteiger charge is -2.02. The van der Waals surface area contributed by atoms with Crippen molar-refractivity contribution in [1.29, 1.82) is 0 Å². The summed E-state index contributed by atoms with van der Waals surface area (Å²) < 4.78 is 0. The molecule has 0 radical (unpaired) electrons. The second-order valence-electron chi connectivity index (χ2n) is 2.74. The first kappa shape index (κ1) is 11.9. The van der Waals surface area contributed by atoms with Gasteiger partial charge in [0.15, 0.2) is 5.13 Å². The Bertz CT molecular complexity index is 367. The zero-order valence-electron chi connectivity index (χ0n) is 8.04. The van der Waals surface area contributed by atoms with Gasteiger partial charge in [0, 0.05) is 17.7 Å². The number of alkyl halides is 1. The predicted octanol–water partition coefficient (Wildman–Crippen LogP) is 1.73. The summed E-state index contributed by atoms with van der Waals surface area (Å²) in [4.78, 5) is 26.2. The van der Waals surface area contributed by atoms with Crippen molar-refractivity contribution in [3.05, 3.63) is 11.1 Å². The molecule has 0 unspecified atom stereocenters. The third kappa shape index (κ3) is 4.26. The molecule has 0 spiro atoms. The normalized spacial score (nSPS) is 9.73. The molecule has 0 saturated carbocycles. The molecular formula is C8H10ClN3O2S. The highest BCUT2D eigenvalue weighted by molar-refractivity contribution is 7.13. The van der Waals surface area contributed by atoms with Crippen LogP contribution in [0.4, 0.5) is 9.93 Å². The number of hydrogen-bond acceptors (Lipinski definition) is 4. The molecule has 82 valence electrons. The molecule has 1 aromatic rings. The maximum absolute atomic E-state index is 11.2. The number of nitrogens with one attached hydrogen (secondary N) is 2. The maximum Gasteiger partial charge on any atom is 0.327 e. The first-order valence-corrected chi connectivity index (χ1v) is 5.62. The molecule has 0 bridgehead atoms. The summed E-state index contributed by atoms with van der Waals surface area (Å²) in [6.45, 7) is 1.82. The number of aromatic nitrogens is 1. The minimum absolute atomic E-state index is 0.117. The molecule has 0 atom stereocenters. The van der Waals surface area contributed by atoms with Gasteiger partial charge in [-0.2, -0.15) is 0 Å². The molecule has 1 rings (SSSR count). The van der Waals surface area contributed by atoms with Crippen molar-refractivity contribution in [3.63, 3.8) is 0 Å². The van der Waals surface area contributed by atoms with Gasteiger partial charge in [0.05, 0.1) is 5.69 Å². The quantitative estimate of drug-likeness (QED) is 0.799. The zero-order chi connectivity index (χ0) is 11.3. The van der Waals surface area contributed by atoms with Gasteiger partial charge in [0.25, 0.3) is 0 Å². The molecule has 15 heavy (non-hydrogen) atoms. The number of hydrogen-bond donors (Lipinski definition) is 2. The van der Waals surface area contributed by atoms with Crippen LogP contribution in [-0.4, -0.2) is 22.8 Å². The molecule has 0 aromatic carbocycles. The second-order valence-corrected chi connectivity index (χ2v) is 3.97. The minimum atomic E-state index is -0.584. The number of rotatable bonds is 3. The Morgan fingerprint density at radius 3 is 2.87 bits per heavy atom. The number of nitrogens with zero attached hydrogens (tertiary/aromatic N) is 1. The smallest absolute Gasteiger partial charge is 0.283 e. The molecule has 3 amide bonds. The van der Waals surface area contributed by atoms with E-state index in [9.17, 15) is 9.59 Å². The highest BCUT2D eigenvalue weighted by atomic mass is 35.5. The van der Waals surface area contributed by atoms with E-state index in [1.54, 1.807) is 5.38 Å². The zero-order valence-corrected chi connectivity index (χ0v) is 9.61. The van der Waals surface area contributed by atoms with Crippen molar-refractivity contribution in [3.8, 4) is 0 Å². The van der Waals surface area contributed by atoms with E-state index in [4.69, 9.17) is 11.6 Å². The van der Waals surface area contributed by atoms with E-state index in [-0.39, 0.29) is 12.3 Å². The van der Waals surface area contributed by atoms with Gasteiger partial charge in [0.1, 0.15) is 0 Å². The lowest BCUT2D eigenvalue weighted by atomic mass is 10.4. The number of carbonyl (C=O) groups is 2. The Labute approximate surface area is 95.8 Å². The van der Waals surface area contributed by atoms with Crippen LogP contribution < -0.4 is 10.6 Å². The van der Waals surface area contributed by atoms with Crippen LogP contribution in [0.1, 0.15) is 12.1 Å². The van der Waals surface area contributed by atoms with Crippen LogP contribution in [0.2, 0.25) is 0 Å². The fraction of sp³-hybridized carbons (Fsp3) is 0.375. The monoisotopic (exact) mass is 247 g/mol. The Kier molecular flexibility index (Phi) is 4.51. The number of imide groups is 1. The lowest BCUT2D eigenvalue weighted by Crippen LogP contribution is -2.34. The minimum Gasteiger partial charge on any atom is -0.283 e. The van der Waals surface area contributed by atoms with Crippen LogP contribution in [0.5, 0.6) is 0 Å². The average Bonchev–Trinajstić information content (AvgIpc) is 2.51. The van der Waals surface area contributed by atoms with Gasteiger partial charge in [-0.05, 0) is 6.92 Å². The molecule has 0 aliphatic carbocycles. The summed E-state index contributed by atoms with van der Waals surface area (Å²) in [5.74, 6) is -0.217. The topological polar surface area (TPSA) is 71.1 Å². The first-order valence-electron chi connectivity index (χ1n) is 4.20. The fourth-order valence-electron chi connectivity index (χ4n) is 0.815. The van der Waals surface area contributed by atoms with Crippen molar-refractivity contribution < 1.29 is 9.59 Å². The summed E-state index contributed by atoms with van der Waals surface area (Å²) >= 11 is 6.64. The number of amides is 3. The van der Waals surface area contributed by atoms with Gasteiger partial charge in [0.2, 0.25) is 5.91 Å². The van der Waals surface area contributed by atoms with Gasteiger partial charge in [-0.3, -0.25) is 15.4 Å². The highest BCUT2D eigenvalue weighted by Gasteiger charge is 2.08. The molecular weight excluding hydrogens is 238 g/mol. The molecule has 2 N–H and O–H groups in total. The van der Waals surface area contributed by atoms with E-state index in [1.165, 1.54) is 11.3 Å². The van der Waals surface area contributed by atoms with Gasteiger partial charge in [-0.15, -0.1) is 22.9 Å². The summed E-state index contributed by atoms with van der Waals surface area (Å²) in [7, 11) is 0. The maximum atomic E-state index is 11.2. The van der Waals surface area contributed by atoms with Crippen molar-refractivity contribution in [1.82, 2.24) is 10.3 Å². The number of anilines is 1. The van der Waals surface area contributed by atoms with E-state index >= 15 is 0 Å². The molecule has 0 saturated heterocycles. The van der Waals surface area contributed by atoms with Gasteiger partial charge in [-0.25, -0.2) is 9.78 Å². The van der Waals surface area contributed by atoms with Crippen molar-refractivity contribution in [2.24, 2.45) is 0 Å². The van der Waals surface area contributed by atoms with Crippen LogP contribution >= 0.6 is 22.9 Å². The van der Waals surface area contributed by atoms with Gasteiger partial charge < -0.3 is 0 Å². The largest absolute Gasteiger partial charge is 0.327 e. The summed E-state index contributed by atoms with van der Waals surface area (Å²) in [6, 6.07) is -0.584. The third-order valence-electron chi connectivity index (χ3n) is 1.41. The number of carbonyl (C=O) groups excluding carboxylic acids is 2. The van der Waals surface area contributed by atoms with Crippen molar-refractivity contribution >= 4 is 40.0 Å². The van der Waals surface area contributed by atoms with Crippen LogP contribution in [-0.2, 0) is 4.79 Å². The average molecular weight is 248 g/mol. The molecule has 0 aliphatic rings. The van der Waals surface area contributed by atoms with E-state index in [1.807, 2.05) is 6.92 Å². The molecule has 7 heteroatoms. The summed E-state index contributed by atoms with van der Waals surface area (Å²) in [6.07, 6.45) is 0.117. The molecule has 0 aliphatic heterocycles. The highest BCUT2D eigenvalue weighted by Crippen LogP contribution is 2.13. The number of thiazole rings is 1. The second kappa shape index (κ2) is 5.67. The standard InChI is InChI=1S/C8H10ClN3O2S/c1-5-4-15-8(10-5)12-7(14)11-6(13)2-3-9/h4H,2-3H2,1H3,(H2,10,11,12,13,14). The van der Waals surface area contributed by atoms with E-state index < -0.39 is 11.9 Å². The van der Waals surface area contributed by atoms with E-state index in [0.717, 1.165) is 5.69 Å². The van der Waals surface area contributed by atoms with Gasteiger partial charge in [-0.1, -0.05) is 0 Å². The summed E-state index contributed by atoms with van der Waals surface area (Å²) in [5, 5.41) is 6.84. The number of urea groups is 1. The van der Waals surface area contributed by atoms with Crippen molar-refractivity contribution in [2.75, 3.05) is 11.2 Å². The Balaban J connectivity index is 2.39. The first-order chi connectivity index (χ1) is 7.11. The Morgan fingerprint density at radius 1 is 1.60 bits per heavy atom. The van der Waals surface area contributed by atoms with Crippen molar-refractivity contribution in [2.45, 2.75) is 13.3 Å².